The van der Waals surface area contributed by atoms with Gasteiger partial charge in [0.05, 0.1) is 13.2 Å². The molecule has 0 N–H and O–H groups in total. The van der Waals surface area contributed by atoms with E-state index in [0.717, 1.165) is 13.2 Å². The summed E-state index contributed by atoms with van der Waals surface area (Å²) in [5.74, 6) is 0. The summed E-state index contributed by atoms with van der Waals surface area (Å²) >= 11 is 0. The van der Waals surface area contributed by atoms with E-state index < -0.39 is 8.32 Å². The number of hydrogen-bond donors (Lipinski definition) is 0. The smallest absolute Gasteiger partial charge is 0.200 e. The average molecular weight is 230 g/mol. The van der Waals surface area contributed by atoms with Gasteiger partial charge in [-0.25, -0.2) is 0 Å². The Morgan fingerprint density at radius 2 is 1.47 bits per heavy atom. The molecule has 1 heterocycles. The molecule has 0 amide bonds. The standard InChI is InChI=1S/C12H26O2Si/c1-9(2)15(10(3)4,11(5)6)14-8-12-7-13-12/h9-12H,7-8H2,1-6H3/t12-/m0/s1. The topological polar surface area (TPSA) is 21.8 Å². The molecule has 1 aliphatic rings. The van der Waals surface area contributed by atoms with Gasteiger partial charge < -0.3 is 9.16 Å². The largest absolute Gasteiger partial charge is 0.413 e. The molecule has 0 aliphatic carbocycles. The monoisotopic (exact) mass is 230 g/mol. The van der Waals surface area contributed by atoms with Crippen molar-refractivity contribution in [2.24, 2.45) is 0 Å². The molecule has 0 saturated carbocycles. The molecule has 1 fully saturated rings. The van der Waals surface area contributed by atoms with Crippen LogP contribution in [-0.4, -0.2) is 27.6 Å². The Hall–Kier alpha value is 0.137. The lowest BCUT2D eigenvalue weighted by molar-refractivity contribution is 0.236. The molecule has 0 radical (unpaired) electrons. The highest BCUT2D eigenvalue weighted by Gasteiger charge is 2.46. The second-order valence-corrected chi connectivity index (χ2v) is 11.0. The van der Waals surface area contributed by atoms with E-state index in [0.29, 0.717) is 22.7 Å². The summed E-state index contributed by atoms with van der Waals surface area (Å²) in [4.78, 5) is 0. The first kappa shape index (κ1) is 13.2. The van der Waals surface area contributed by atoms with Gasteiger partial charge >= 0.3 is 0 Å². The van der Waals surface area contributed by atoms with Crippen LogP contribution >= 0.6 is 0 Å². The lowest BCUT2D eigenvalue weighted by Crippen LogP contribution is -2.48. The Balaban J connectivity index is 2.70. The highest BCUT2D eigenvalue weighted by Crippen LogP contribution is 2.42. The molecule has 1 rings (SSSR count). The molecule has 0 bridgehead atoms. The summed E-state index contributed by atoms with van der Waals surface area (Å²) in [6.07, 6.45) is 0.396. The third-order valence-corrected chi connectivity index (χ3v) is 9.71. The second-order valence-electron chi connectivity index (χ2n) is 5.58. The second kappa shape index (κ2) is 4.98. The third-order valence-electron chi connectivity index (χ3n) is 3.63. The van der Waals surface area contributed by atoms with E-state index in [1.165, 1.54) is 0 Å². The van der Waals surface area contributed by atoms with Crippen LogP contribution in [0.25, 0.3) is 0 Å². The van der Waals surface area contributed by atoms with Gasteiger partial charge in [0.1, 0.15) is 6.10 Å². The zero-order valence-corrected chi connectivity index (χ0v) is 12.0. The van der Waals surface area contributed by atoms with Gasteiger partial charge in [-0.15, -0.1) is 0 Å². The molecule has 3 heteroatoms. The average Bonchev–Trinajstić information content (AvgIpc) is 2.86. The van der Waals surface area contributed by atoms with Crippen molar-refractivity contribution in [3.8, 4) is 0 Å². The summed E-state index contributed by atoms with van der Waals surface area (Å²) < 4.78 is 11.6. The van der Waals surface area contributed by atoms with E-state index in [1.807, 2.05) is 0 Å². The van der Waals surface area contributed by atoms with Gasteiger partial charge in [-0.3, -0.25) is 0 Å². The number of hydrogen-bond acceptors (Lipinski definition) is 2. The first-order valence-corrected chi connectivity index (χ1v) is 8.30. The van der Waals surface area contributed by atoms with Crippen molar-refractivity contribution in [3.05, 3.63) is 0 Å². The fourth-order valence-corrected chi connectivity index (χ4v) is 8.38. The Morgan fingerprint density at radius 3 is 1.73 bits per heavy atom. The minimum atomic E-state index is -1.63. The molecule has 0 aromatic rings. The Kier molecular flexibility index (Phi) is 4.38. The first-order valence-electron chi connectivity index (χ1n) is 6.16. The Bertz CT molecular complexity index is 176. The summed E-state index contributed by atoms with van der Waals surface area (Å²) in [5, 5.41) is 0. The number of ether oxygens (including phenoxy) is 1. The van der Waals surface area contributed by atoms with Gasteiger partial charge in [-0.05, 0) is 16.6 Å². The van der Waals surface area contributed by atoms with Gasteiger partial charge in [0.25, 0.3) is 0 Å². The van der Waals surface area contributed by atoms with Crippen LogP contribution < -0.4 is 0 Å². The number of epoxide rings is 1. The Labute approximate surface area is 95.5 Å². The van der Waals surface area contributed by atoms with Crippen LogP contribution in [-0.2, 0) is 9.16 Å². The minimum Gasteiger partial charge on any atom is -0.413 e. The predicted octanol–water partition coefficient (Wildman–Crippen LogP) is 3.58. The lowest BCUT2D eigenvalue weighted by Gasteiger charge is -2.42. The van der Waals surface area contributed by atoms with Gasteiger partial charge in [0.15, 0.2) is 8.32 Å². The van der Waals surface area contributed by atoms with Crippen LogP contribution in [0.15, 0.2) is 0 Å². The Morgan fingerprint density at radius 1 is 1.07 bits per heavy atom. The van der Waals surface area contributed by atoms with E-state index in [4.69, 9.17) is 9.16 Å². The lowest BCUT2D eigenvalue weighted by atomic mass is 10.5. The first-order chi connectivity index (χ1) is 6.91. The maximum Gasteiger partial charge on any atom is 0.200 e. The van der Waals surface area contributed by atoms with Crippen LogP contribution in [0.5, 0.6) is 0 Å². The molecule has 1 aliphatic heterocycles. The molecule has 15 heavy (non-hydrogen) atoms. The van der Waals surface area contributed by atoms with Gasteiger partial charge in [-0.2, -0.15) is 0 Å². The quantitative estimate of drug-likeness (QED) is 0.514. The summed E-state index contributed by atoms with van der Waals surface area (Å²) in [6.45, 7) is 15.6. The molecular formula is C12H26O2Si. The van der Waals surface area contributed by atoms with Crippen molar-refractivity contribution in [2.45, 2.75) is 64.3 Å². The van der Waals surface area contributed by atoms with Crippen LogP contribution in [0.2, 0.25) is 16.6 Å². The summed E-state index contributed by atoms with van der Waals surface area (Å²) in [7, 11) is -1.63. The van der Waals surface area contributed by atoms with Crippen LogP contribution in [0.3, 0.4) is 0 Å². The van der Waals surface area contributed by atoms with Crippen molar-refractivity contribution in [2.75, 3.05) is 13.2 Å². The van der Waals surface area contributed by atoms with Crippen LogP contribution in [0, 0.1) is 0 Å². The van der Waals surface area contributed by atoms with Gasteiger partial charge in [0, 0.05) is 0 Å². The highest BCUT2D eigenvalue weighted by atomic mass is 28.4. The summed E-state index contributed by atoms with van der Waals surface area (Å²) in [6, 6.07) is 0. The molecule has 1 atom stereocenters. The van der Waals surface area contributed by atoms with Crippen molar-refractivity contribution in [1.29, 1.82) is 0 Å². The normalized spacial score (nSPS) is 21.8. The summed E-state index contributed by atoms with van der Waals surface area (Å²) in [5.41, 5.74) is 2.03. The van der Waals surface area contributed by atoms with E-state index in [2.05, 4.69) is 41.5 Å². The fourth-order valence-electron chi connectivity index (χ4n) is 2.90. The van der Waals surface area contributed by atoms with E-state index in [9.17, 15) is 0 Å². The van der Waals surface area contributed by atoms with Crippen molar-refractivity contribution < 1.29 is 9.16 Å². The van der Waals surface area contributed by atoms with E-state index in [1.54, 1.807) is 0 Å². The maximum atomic E-state index is 6.35. The third kappa shape index (κ3) is 2.83. The van der Waals surface area contributed by atoms with Crippen molar-refractivity contribution in [3.63, 3.8) is 0 Å². The van der Waals surface area contributed by atoms with Crippen LogP contribution in [0.4, 0.5) is 0 Å². The molecule has 0 aromatic carbocycles. The molecule has 1 saturated heterocycles. The van der Waals surface area contributed by atoms with E-state index >= 15 is 0 Å². The minimum absolute atomic E-state index is 0.396. The fraction of sp³-hybridized carbons (Fsp3) is 1.00. The van der Waals surface area contributed by atoms with Gasteiger partial charge in [0.2, 0.25) is 0 Å². The molecular weight excluding hydrogens is 204 g/mol. The van der Waals surface area contributed by atoms with Crippen molar-refractivity contribution >= 4 is 8.32 Å². The molecule has 0 spiro atoms. The number of rotatable bonds is 6. The molecule has 0 aromatic heterocycles. The molecule has 90 valence electrons. The SMILES string of the molecule is CC(C)[Si](OC[C@@H]1CO1)(C(C)C)C(C)C. The zero-order valence-electron chi connectivity index (χ0n) is 11.0. The zero-order chi connectivity index (χ0) is 11.6. The predicted molar refractivity (Wildman–Crippen MR) is 66.7 cm³/mol. The van der Waals surface area contributed by atoms with Crippen LogP contribution in [0.1, 0.15) is 41.5 Å². The maximum absolute atomic E-state index is 6.35. The van der Waals surface area contributed by atoms with Crippen molar-refractivity contribution in [1.82, 2.24) is 0 Å². The molecule has 0 unspecified atom stereocenters. The van der Waals surface area contributed by atoms with E-state index in [-0.39, 0.29) is 0 Å². The highest BCUT2D eigenvalue weighted by molar-refractivity contribution is 6.77. The van der Waals surface area contributed by atoms with Gasteiger partial charge in [-0.1, -0.05) is 41.5 Å². The molecule has 2 nitrogen and oxygen atoms in total.